The van der Waals surface area contributed by atoms with Crippen LogP contribution in [0, 0.1) is 19.7 Å². The lowest BCUT2D eigenvalue weighted by molar-refractivity contribution is 0.0947. The summed E-state index contributed by atoms with van der Waals surface area (Å²) < 4.78 is 15.7. The van der Waals surface area contributed by atoms with Crippen LogP contribution < -0.4 is 5.32 Å². The molecule has 0 atom stereocenters. The van der Waals surface area contributed by atoms with Crippen LogP contribution in [0.15, 0.2) is 30.3 Å². The summed E-state index contributed by atoms with van der Waals surface area (Å²) in [6.45, 7) is 7.15. The van der Waals surface area contributed by atoms with Crippen LogP contribution in [0.3, 0.4) is 0 Å². The molecule has 6 heteroatoms. The molecule has 0 fully saturated rings. The molecule has 0 aliphatic rings. The summed E-state index contributed by atoms with van der Waals surface area (Å²) in [5, 5.41) is 8.00. The first kappa shape index (κ1) is 17.1. The third-order valence-corrected chi connectivity index (χ3v) is 4.40. The summed E-state index contributed by atoms with van der Waals surface area (Å²) in [4.78, 5) is 16.4. The van der Waals surface area contributed by atoms with E-state index < -0.39 is 5.82 Å². The molecule has 0 saturated carbocycles. The number of para-hydroxylation sites is 1. The molecule has 2 heterocycles. The number of nitrogens with zero attached hydrogens (tertiary/aromatic N) is 3. The molecule has 0 aliphatic carbocycles. The van der Waals surface area contributed by atoms with Crippen LogP contribution in [-0.4, -0.2) is 27.2 Å². The first-order chi connectivity index (χ1) is 12.0. The zero-order valence-corrected chi connectivity index (χ0v) is 14.6. The summed E-state index contributed by atoms with van der Waals surface area (Å²) >= 11 is 0. The van der Waals surface area contributed by atoms with Gasteiger partial charge in [-0.1, -0.05) is 25.1 Å². The summed E-state index contributed by atoms with van der Waals surface area (Å²) in [5.74, 6) is -0.746. The number of rotatable bonds is 5. The minimum atomic E-state index is -0.429. The summed E-state index contributed by atoms with van der Waals surface area (Å²) in [5.41, 5.74) is 3.82. The Kier molecular flexibility index (Phi) is 4.79. The van der Waals surface area contributed by atoms with Crippen molar-refractivity contribution in [1.82, 2.24) is 20.1 Å². The van der Waals surface area contributed by atoms with Gasteiger partial charge in [0.05, 0.1) is 12.2 Å². The van der Waals surface area contributed by atoms with Gasteiger partial charge in [-0.15, -0.1) is 0 Å². The van der Waals surface area contributed by atoms with Gasteiger partial charge in [0, 0.05) is 17.6 Å². The Morgan fingerprint density at radius 2 is 2.04 bits per heavy atom. The monoisotopic (exact) mass is 340 g/mol. The number of amides is 1. The van der Waals surface area contributed by atoms with Crippen LogP contribution >= 0.6 is 0 Å². The van der Waals surface area contributed by atoms with Crippen molar-refractivity contribution in [2.45, 2.75) is 33.7 Å². The van der Waals surface area contributed by atoms with Crippen LogP contribution in [0.25, 0.3) is 10.9 Å². The predicted octanol–water partition coefficient (Wildman–Crippen LogP) is 3.18. The maximum absolute atomic E-state index is 13.8. The van der Waals surface area contributed by atoms with Gasteiger partial charge >= 0.3 is 0 Å². The molecule has 0 radical (unpaired) electrons. The lowest BCUT2D eigenvalue weighted by Gasteiger charge is -2.08. The van der Waals surface area contributed by atoms with Crippen LogP contribution in [0.1, 0.15) is 34.4 Å². The first-order valence-electron chi connectivity index (χ1n) is 8.37. The van der Waals surface area contributed by atoms with E-state index in [2.05, 4.69) is 22.3 Å². The minimum absolute atomic E-state index is 0.209. The molecule has 2 aromatic heterocycles. The van der Waals surface area contributed by atoms with Crippen molar-refractivity contribution in [1.29, 1.82) is 0 Å². The number of aromatic nitrogens is 3. The number of benzene rings is 1. The molecule has 5 nitrogen and oxygen atoms in total. The maximum Gasteiger partial charge on any atom is 0.269 e. The average molecular weight is 340 g/mol. The molecule has 0 saturated heterocycles. The molecule has 130 valence electrons. The van der Waals surface area contributed by atoms with E-state index in [1.807, 2.05) is 18.5 Å². The number of fused-ring (bicyclic) bond motifs is 1. The fourth-order valence-corrected chi connectivity index (χ4v) is 3.07. The van der Waals surface area contributed by atoms with E-state index in [1.165, 1.54) is 11.6 Å². The van der Waals surface area contributed by atoms with Crippen LogP contribution in [-0.2, 0) is 13.0 Å². The Bertz CT molecular complexity index is 933. The van der Waals surface area contributed by atoms with Gasteiger partial charge < -0.3 is 5.32 Å². The number of pyridine rings is 1. The van der Waals surface area contributed by atoms with E-state index in [1.54, 1.807) is 24.3 Å². The molecule has 1 N–H and O–H groups in total. The highest BCUT2D eigenvalue weighted by Gasteiger charge is 2.12. The number of nitrogens with one attached hydrogen (secondary N) is 1. The molecule has 0 aliphatic heterocycles. The van der Waals surface area contributed by atoms with Gasteiger partial charge in [-0.05, 0) is 38.0 Å². The van der Waals surface area contributed by atoms with Gasteiger partial charge in [0.15, 0.2) is 0 Å². The molecular formula is C19H21FN4O. The second-order valence-electron chi connectivity index (χ2n) is 5.99. The van der Waals surface area contributed by atoms with Gasteiger partial charge in [-0.25, -0.2) is 9.37 Å². The third-order valence-electron chi connectivity index (χ3n) is 4.40. The van der Waals surface area contributed by atoms with Crippen molar-refractivity contribution < 1.29 is 9.18 Å². The average Bonchev–Trinajstić information content (AvgIpc) is 2.88. The molecule has 1 aromatic carbocycles. The highest BCUT2D eigenvalue weighted by atomic mass is 19.1. The Morgan fingerprint density at radius 1 is 1.24 bits per heavy atom. The number of halogens is 1. The normalized spacial score (nSPS) is 11.0. The van der Waals surface area contributed by atoms with Gasteiger partial charge in [-0.3, -0.25) is 9.48 Å². The van der Waals surface area contributed by atoms with E-state index in [9.17, 15) is 9.18 Å². The van der Waals surface area contributed by atoms with Crippen LogP contribution in [0.2, 0.25) is 0 Å². The van der Waals surface area contributed by atoms with Crippen molar-refractivity contribution in [3.05, 3.63) is 58.8 Å². The van der Waals surface area contributed by atoms with E-state index in [0.29, 0.717) is 18.5 Å². The van der Waals surface area contributed by atoms with Crippen molar-refractivity contribution in [2.75, 3.05) is 6.54 Å². The van der Waals surface area contributed by atoms with E-state index in [0.717, 1.165) is 17.8 Å². The lowest BCUT2D eigenvalue weighted by atomic mass is 10.1. The topological polar surface area (TPSA) is 59.8 Å². The van der Waals surface area contributed by atoms with E-state index in [4.69, 9.17) is 0 Å². The number of hydrogen-bond acceptors (Lipinski definition) is 3. The first-order valence-corrected chi connectivity index (χ1v) is 8.37. The van der Waals surface area contributed by atoms with Crippen molar-refractivity contribution in [2.24, 2.45) is 0 Å². The second kappa shape index (κ2) is 7.01. The number of carbonyl (C=O) groups is 1. The molecule has 3 aromatic rings. The molecule has 3 rings (SSSR count). The van der Waals surface area contributed by atoms with Gasteiger partial charge in [-0.2, -0.15) is 5.10 Å². The Morgan fingerprint density at radius 3 is 2.76 bits per heavy atom. The summed E-state index contributed by atoms with van der Waals surface area (Å²) in [6, 6.07) is 8.04. The molecule has 1 amide bonds. The Hall–Kier alpha value is -2.76. The van der Waals surface area contributed by atoms with Crippen molar-refractivity contribution in [3.63, 3.8) is 0 Å². The largest absolute Gasteiger partial charge is 0.349 e. The SMILES string of the molecule is CCc1c(C)nn(CCNC(=O)c2ccc3cccc(F)c3n2)c1C. The fourth-order valence-electron chi connectivity index (χ4n) is 3.07. The Labute approximate surface area is 145 Å². The van der Waals surface area contributed by atoms with E-state index >= 15 is 0 Å². The van der Waals surface area contributed by atoms with E-state index in [-0.39, 0.29) is 17.1 Å². The summed E-state index contributed by atoms with van der Waals surface area (Å²) in [7, 11) is 0. The van der Waals surface area contributed by atoms with Gasteiger partial charge in [0.1, 0.15) is 17.0 Å². The van der Waals surface area contributed by atoms with Crippen molar-refractivity contribution in [3.8, 4) is 0 Å². The lowest BCUT2D eigenvalue weighted by Crippen LogP contribution is -2.28. The molecule has 0 bridgehead atoms. The minimum Gasteiger partial charge on any atom is -0.349 e. The van der Waals surface area contributed by atoms with Gasteiger partial charge in [0.25, 0.3) is 5.91 Å². The number of aryl methyl sites for hydroxylation is 1. The number of hydrogen-bond donors (Lipinski definition) is 1. The fraction of sp³-hybridized carbons (Fsp3) is 0.316. The smallest absolute Gasteiger partial charge is 0.269 e. The van der Waals surface area contributed by atoms with Crippen molar-refractivity contribution >= 4 is 16.8 Å². The zero-order valence-electron chi connectivity index (χ0n) is 14.6. The van der Waals surface area contributed by atoms with Gasteiger partial charge in [0.2, 0.25) is 0 Å². The number of carbonyl (C=O) groups excluding carboxylic acids is 1. The zero-order chi connectivity index (χ0) is 18.0. The molecular weight excluding hydrogens is 319 g/mol. The molecule has 25 heavy (non-hydrogen) atoms. The highest BCUT2D eigenvalue weighted by molar-refractivity contribution is 5.94. The standard InChI is InChI=1S/C19H21FN4O/c1-4-15-12(2)23-24(13(15)3)11-10-21-19(25)17-9-8-14-6-5-7-16(20)18(14)22-17/h5-9H,4,10-11H2,1-3H3,(H,21,25). The maximum atomic E-state index is 13.8. The second-order valence-corrected chi connectivity index (χ2v) is 5.99. The quantitative estimate of drug-likeness (QED) is 0.776. The predicted molar refractivity (Wildman–Crippen MR) is 95.1 cm³/mol. The highest BCUT2D eigenvalue weighted by Crippen LogP contribution is 2.16. The van der Waals surface area contributed by atoms with Crippen LogP contribution in [0.4, 0.5) is 4.39 Å². The third kappa shape index (κ3) is 3.38. The van der Waals surface area contributed by atoms with Crippen LogP contribution in [0.5, 0.6) is 0 Å². The molecule has 0 unspecified atom stereocenters. The Balaban J connectivity index is 1.68. The molecule has 0 spiro atoms. The summed E-state index contributed by atoms with van der Waals surface area (Å²) in [6.07, 6.45) is 0.941.